The van der Waals surface area contributed by atoms with Crippen molar-refractivity contribution in [2.45, 2.75) is 259 Å². The van der Waals surface area contributed by atoms with Crippen LogP contribution >= 0.6 is 0 Å². The van der Waals surface area contributed by atoms with Crippen molar-refractivity contribution < 1.29 is 0 Å². The van der Waals surface area contributed by atoms with Gasteiger partial charge in [0.2, 0.25) is 0 Å². The Morgan fingerprint density at radius 3 is 0.622 bits per heavy atom. The zero-order chi connectivity index (χ0) is 32.7. The minimum absolute atomic E-state index is 0.802. The Morgan fingerprint density at radius 1 is 0.267 bits per heavy atom. The van der Waals surface area contributed by atoms with Gasteiger partial charge in [-0.15, -0.1) is 0 Å². The lowest BCUT2D eigenvalue weighted by Crippen LogP contribution is -2.30. The highest BCUT2D eigenvalue weighted by molar-refractivity contribution is 4.62. The summed E-state index contributed by atoms with van der Waals surface area (Å²) in [6.45, 7) is 13.4. The van der Waals surface area contributed by atoms with Crippen LogP contribution in [0.2, 0.25) is 0 Å². The Bertz CT molecular complexity index is 459. The molecule has 0 aliphatic heterocycles. The first-order valence-electron chi connectivity index (χ1n) is 21.9. The van der Waals surface area contributed by atoms with Crippen molar-refractivity contribution in [1.82, 2.24) is 4.90 Å². The number of unbranched alkanes of at least 4 members (excludes halogenated alkanes) is 34. The second-order valence-electron chi connectivity index (χ2n) is 15.7. The lowest BCUT2D eigenvalue weighted by molar-refractivity contribution is 0.233. The Hall–Kier alpha value is -0.0400. The lowest BCUT2D eigenvalue weighted by atomic mass is 10.0. The quantitative estimate of drug-likeness (QED) is 0.0607. The largest absolute Gasteiger partial charge is 0.303 e. The zero-order valence-electron chi connectivity index (χ0n) is 32.6. The van der Waals surface area contributed by atoms with E-state index in [9.17, 15) is 0 Å². The SMILES string of the molecule is CCCCCCCCCCCCCCCCCCCCN(CCCCCCCCCCCCCCCCCCCC)CC(C)C. The van der Waals surface area contributed by atoms with Gasteiger partial charge in [-0.2, -0.15) is 0 Å². The molecule has 0 heterocycles. The summed E-state index contributed by atoms with van der Waals surface area (Å²) in [5.41, 5.74) is 0. The second kappa shape index (κ2) is 40.1. The van der Waals surface area contributed by atoms with Gasteiger partial charge in [0.15, 0.2) is 0 Å². The molecule has 1 heteroatoms. The number of rotatable bonds is 40. The van der Waals surface area contributed by atoms with E-state index in [-0.39, 0.29) is 0 Å². The van der Waals surface area contributed by atoms with Gasteiger partial charge in [-0.05, 0) is 31.8 Å². The predicted molar refractivity (Wildman–Crippen MR) is 209 cm³/mol. The molecule has 0 radical (unpaired) electrons. The van der Waals surface area contributed by atoms with Crippen molar-refractivity contribution in [3.8, 4) is 0 Å². The van der Waals surface area contributed by atoms with Gasteiger partial charge < -0.3 is 4.90 Å². The van der Waals surface area contributed by atoms with Crippen LogP contribution in [0.15, 0.2) is 0 Å². The Kier molecular flexibility index (Phi) is 40.1. The van der Waals surface area contributed by atoms with Gasteiger partial charge in [-0.3, -0.25) is 0 Å². The number of hydrogen-bond acceptors (Lipinski definition) is 1. The Balaban J connectivity index is 3.43. The maximum atomic E-state index is 2.80. The van der Waals surface area contributed by atoms with E-state index in [0.717, 1.165) is 5.92 Å². The average molecular weight is 634 g/mol. The Labute approximate surface area is 288 Å². The van der Waals surface area contributed by atoms with Crippen LogP contribution in [0.1, 0.15) is 259 Å². The molecule has 0 rings (SSSR count). The molecule has 0 aromatic rings. The van der Waals surface area contributed by atoms with Crippen molar-refractivity contribution in [1.29, 1.82) is 0 Å². The molecule has 0 unspecified atom stereocenters. The summed E-state index contributed by atoms with van der Waals surface area (Å²) in [5.74, 6) is 0.802. The van der Waals surface area contributed by atoms with Crippen molar-refractivity contribution in [2.24, 2.45) is 5.92 Å². The standard InChI is InChI=1S/C44H91N/c1-5-7-9-11-13-15-17-19-21-23-25-27-29-31-33-35-37-39-41-45(43-44(3)4)42-40-38-36-34-32-30-28-26-24-22-20-18-16-14-12-10-8-6-2/h44H,5-43H2,1-4H3. The Morgan fingerprint density at radius 2 is 0.444 bits per heavy atom. The molecule has 0 amide bonds. The van der Waals surface area contributed by atoms with E-state index in [1.165, 1.54) is 251 Å². The van der Waals surface area contributed by atoms with Crippen molar-refractivity contribution in [3.63, 3.8) is 0 Å². The summed E-state index contributed by atoms with van der Waals surface area (Å²) in [7, 11) is 0. The maximum absolute atomic E-state index is 2.80. The first-order chi connectivity index (χ1) is 22.2. The first kappa shape index (κ1) is 45.0. The predicted octanol–water partition coefficient (Wildman–Crippen LogP) is 16.0. The number of nitrogens with zero attached hydrogens (tertiary/aromatic N) is 1. The molecule has 272 valence electrons. The van der Waals surface area contributed by atoms with E-state index < -0.39 is 0 Å². The third-order valence-corrected chi connectivity index (χ3v) is 10.3. The zero-order valence-corrected chi connectivity index (χ0v) is 32.6. The lowest BCUT2D eigenvalue weighted by Gasteiger charge is -2.24. The molecule has 45 heavy (non-hydrogen) atoms. The van der Waals surface area contributed by atoms with Gasteiger partial charge in [0.25, 0.3) is 0 Å². The van der Waals surface area contributed by atoms with Crippen molar-refractivity contribution in [3.05, 3.63) is 0 Å². The molecule has 0 bridgehead atoms. The van der Waals surface area contributed by atoms with Crippen molar-refractivity contribution >= 4 is 0 Å². The second-order valence-corrected chi connectivity index (χ2v) is 15.7. The molecule has 0 spiro atoms. The maximum Gasteiger partial charge on any atom is 0.000438 e. The van der Waals surface area contributed by atoms with E-state index in [4.69, 9.17) is 0 Å². The summed E-state index contributed by atoms with van der Waals surface area (Å²) in [5, 5.41) is 0. The fourth-order valence-corrected chi connectivity index (χ4v) is 7.28. The van der Waals surface area contributed by atoms with E-state index in [0.29, 0.717) is 0 Å². The molecule has 0 aliphatic carbocycles. The van der Waals surface area contributed by atoms with Crippen LogP contribution in [-0.4, -0.2) is 24.5 Å². The smallest absolute Gasteiger partial charge is 0.000438 e. The molecular formula is C44H91N. The molecule has 0 atom stereocenters. The van der Waals surface area contributed by atoms with Crippen LogP contribution in [0.4, 0.5) is 0 Å². The number of hydrogen-bond donors (Lipinski definition) is 0. The van der Waals surface area contributed by atoms with Gasteiger partial charge in [-0.1, -0.05) is 246 Å². The van der Waals surface area contributed by atoms with Crippen LogP contribution in [0.5, 0.6) is 0 Å². The minimum Gasteiger partial charge on any atom is -0.303 e. The molecule has 0 N–H and O–H groups in total. The summed E-state index contributed by atoms with van der Waals surface area (Å²) in [6, 6.07) is 0. The third-order valence-electron chi connectivity index (χ3n) is 10.3. The van der Waals surface area contributed by atoms with Crippen LogP contribution in [-0.2, 0) is 0 Å². The van der Waals surface area contributed by atoms with Gasteiger partial charge in [0, 0.05) is 6.54 Å². The highest BCUT2D eigenvalue weighted by atomic mass is 15.1. The highest BCUT2D eigenvalue weighted by Crippen LogP contribution is 2.16. The normalized spacial score (nSPS) is 11.9. The molecule has 0 saturated heterocycles. The van der Waals surface area contributed by atoms with Crippen LogP contribution in [0.25, 0.3) is 0 Å². The minimum atomic E-state index is 0.802. The van der Waals surface area contributed by atoms with Crippen molar-refractivity contribution in [2.75, 3.05) is 19.6 Å². The topological polar surface area (TPSA) is 3.24 Å². The molecule has 0 aromatic carbocycles. The summed E-state index contributed by atoms with van der Waals surface area (Å²) in [4.78, 5) is 2.80. The van der Waals surface area contributed by atoms with E-state index >= 15 is 0 Å². The van der Waals surface area contributed by atoms with Crippen LogP contribution in [0, 0.1) is 5.92 Å². The molecule has 0 fully saturated rings. The molecule has 0 saturated carbocycles. The summed E-state index contributed by atoms with van der Waals surface area (Å²) < 4.78 is 0. The fourth-order valence-electron chi connectivity index (χ4n) is 7.28. The van der Waals surface area contributed by atoms with Gasteiger partial charge >= 0.3 is 0 Å². The van der Waals surface area contributed by atoms with Crippen LogP contribution < -0.4 is 0 Å². The third kappa shape index (κ3) is 40.1. The fraction of sp³-hybridized carbons (Fsp3) is 1.00. The molecule has 0 aliphatic rings. The van der Waals surface area contributed by atoms with E-state index in [1.807, 2.05) is 0 Å². The van der Waals surface area contributed by atoms with Gasteiger partial charge in [0.1, 0.15) is 0 Å². The molecule has 0 aromatic heterocycles. The monoisotopic (exact) mass is 634 g/mol. The highest BCUT2D eigenvalue weighted by Gasteiger charge is 2.07. The molecule has 1 nitrogen and oxygen atoms in total. The summed E-state index contributed by atoms with van der Waals surface area (Å²) >= 11 is 0. The van der Waals surface area contributed by atoms with E-state index in [2.05, 4.69) is 32.6 Å². The van der Waals surface area contributed by atoms with Crippen LogP contribution in [0.3, 0.4) is 0 Å². The summed E-state index contributed by atoms with van der Waals surface area (Å²) in [6.07, 6.45) is 52.8. The molecular weight excluding hydrogens is 542 g/mol. The van der Waals surface area contributed by atoms with E-state index in [1.54, 1.807) is 0 Å². The first-order valence-corrected chi connectivity index (χ1v) is 21.9. The van der Waals surface area contributed by atoms with Gasteiger partial charge in [-0.25, -0.2) is 0 Å². The average Bonchev–Trinajstić information content (AvgIpc) is 3.03. The van der Waals surface area contributed by atoms with Gasteiger partial charge in [0.05, 0.1) is 0 Å².